The second kappa shape index (κ2) is 9.85. The van der Waals surface area contributed by atoms with Crippen LogP contribution in [0.15, 0.2) is 18.2 Å². The van der Waals surface area contributed by atoms with Gasteiger partial charge in [-0.1, -0.05) is 29.3 Å². The summed E-state index contributed by atoms with van der Waals surface area (Å²) < 4.78 is 0. The van der Waals surface area contributed by atoms with Gasteiger partial charge in [0.05, 0.1) is 6.04 Å². The maximum atomic E-state index is 12.6. The quantitative estimate of drug-likeness (QED) is 0.569. The van der Waals surface area contributed by atoms with Gasteiger partial charge in [0, 0.05) is 42.8 Å². The monoisotopic (exact) mass is 479 g/mol. The van der Waals surface area contributed by atoms with E-state index in [9.17, 15) is 14.7 Å². The van der Waals surface area contributed by atoms with Gasteiger partial charge in [-0.3, -0.25) is 4.79 Å². The summed E-state index contributed by atoms with van der Waals surface area (Å²) in [6, 6.07) is 4.98. The van der Waals surface area contributed by atoms with Crippen LogP contribution in [0, 0.1) is 0 Å². The van der Waals surface area contributed by atoms with Crippen molar-refractivity contribution in [2.75, 3.05) is 42.9 Å². The number of nitrogens with zero attached hydrogens (tertiary/aromatic N) is 5. The Bertz CT molecular complexity index is 1010. The zero-order valence-corrected chi connectivity index (χ0v) is 18.7. The number of nitrogens with one attached hydrogen (secondary N) is 2. The Balaban J connectivity index is 1.44. The number of hydrogen-bond acceptors (Lipinski definition) is 8. The molecule has 0 aliphatic carbocycles. The van der Waals surface area contributed by atoms with Gasteiger partial charge in [0.2, 0.25) is 17.5 Å². The van der Waals surface area contributed by atoms with Gasteiger partial charge in [0.25, 0.3) is 0 Å². The Morgan fingerprint density at radius 3 is 2.62 bits per heavy atom. The molecule has 3 N–H and O–H groups in total. The first-order chi connectivity index (χ1) is 15.4. The molecule has 0 spiro atoms. The SMILES string of the molecule is O=C(O)c1nnc(N2CCN(C(=O)C3CCCN3)CC2)nc1NCc1ccc(Cl)cc1Cl. The van der Waals surface area contributed by atoms with Crippen molar-refractivity contribution < 1.29 is 14.7 Å². The third-order valence-corrected chi connectivity index (χ3v) is 6.16. The molecular formula is C20H23Cl2N7O3. The van der Waals surface area contributed by atoms with Crippen LogP contribution in [-0.4, -0.2) is 75.8 Å². The van der Waals surface area contributed by atoms with Crippen molar-refractivity contribution in [3.63, 3.8) is 0 Å². The predicted octanol–water partition coefficient (Wildman–Crippen LogP) is 1.89. The highest BCUT2D eigenvalue weighted by Crippen LogP contribution is 2.23. The van der Waals surface area contributed by atoms with E-state index >= 15 is 0 Å². The van der Waals surface area contributed by atoms with E-state index in [1.807, 2.05) is 9.80 Å². The van der Waals surface area contributed by atoms with Gasteiger partial charge < -0.3 is 25.5 Å². The molecule has 3 heterocycles. The van der Waals surface area contributed by atoms with Crippen LogP contribution in [-0.2, 0) is 11.3 Å². The average molecular weight is 480 g/mol. The van der Waals surface area contributed by atoms with E-state index in [4.69, 9.17) is 23.2 Å². The molecule has 2 aliphatic rings. The third-order valence-electron chi connectivity index (χ3n) is 5.57. The molecular weight excluding hydrogens is 457 g/mol. The summed E-state index contributed by atoms with van der Waals surface area (Å²) >= 11 is 12.1. The van der Waals surface area contributed by atoms with Crippen molar-refractivity contribution in [3.8, 4) is 0 Å². The summed E-state index contributed by atoms with van der Waals surface area (Å²) in [6.45, 7) is 3.28. The molecule has 4 rings (SSSR count). The molecule has 1 amide bonds. The molecule has 2 aliphatic heterocycles. The Morgan fingerprint density at radius 2 is 1.97 bits per heavy atom. The van der Waals surface area contributed by atoms with Crippen LogP contribution in [0.5, 0.6) is 0 Å². The summed E-state index contributed by atoms with van der Waals surface area (Å²) in [5.41, 5.74) is 0.458. The summed E-state index contributed by atoms with van der Waals surface area (Å²) in [5, 5.41) is 24.5. The highest BCUT2D eigenvalue weighted by molar-refractivity contribution is 6.35. The lowest BCUT2D eigenvalue weighted by Gasteiger charge is -2.35. The molecule has 0 saturated carbocycles. The first kappa shape index (κ1) is 22.5. The molecule has 12 heteroatoms. The molecule has 1 unspecified atom stereocenters. The minimum absolute atomic E-state index is 0.0928. The van der Waals surface area contributed by atoms with Gasteiger partial charge in [-0.2, -0.15) is 4.98 Å². The molecule has 0 bridgehead atoms. The van der Waals surface area contributed by atoms with E-state index in [1.54, 1.807) is 18.2 Å². The van der Waals surface area contributed by atoms with E-state index in [0.29, 0.717) is 42.2 Å². The maximum absolute atomic E-state index is 12.6. The van der Waals surface area contributed by atoms with Crippen molar-refractivity contribution >= 4 is 46.8 Å². The lowest BCUT2D eigenvalue weighted by molar-refractivity contribution is -0.133. The molecule has 1 aromatic carbocycles. The van der Waals surface area contributed by atoms with Crippen LogP contribution in [0.25, 0.3) is 0 Å². The number of benzene rings is 1. The van der Waals surface area contributed by atoms with Crippen molar-refractivity contribution in [1.29, 1.82) is 0 Å². The van der Waals surface area contributed by atoms with Crippen LogP contribution in [0.2, 0.25) is 10.0 Å². The lowest BCUT2D eigenvalue weighted by atomic mass is 10.2. The minimum Gasteiger partial charge on any atom is -0.476 e. The second-order valence-electron chi connectivity index (χ2n) is 7.66. The molecule has 2 fully saturated rings. The van der Waals surface area contributed by atoms with Gasteiger partial charge in [0.1, 0.15) is 0 Å². The number of carboxylic acids is 1. The topological polar surface area (TPSA) is 124 Å². The normalized spacial score (nSPS) is 18.6. The fourth-order valence-corrected chi connectivity index (χ4v) is 4.28. The van der Waals surface area contributed by atoms with Crippen molar-refractivity contribution in [3.05, 3.63) is 39.5 Å². The smallest absolute Gasteiger partial charge is 0.360 e. The van der Waals surface area contributed by atoms with Crippen molar-refractivity contribution in [2.45, 2.75) is 25.4 Å². The number of aromatic carboxylic acids is 1. The van der Waals surface area contributed by atoms with E-state index < -0.39 is 5.97 Å². The zero-order valence-electron chi connectivity index (χ0n) is 17.2. The van der Waals surface area contributed by atoms with Crippen LogP contribution in [0.3, 0.4) is 0 Å². The van der Waals surface area contributed by atoms with Crippen LogP contribution in [0.1, 0.15) is 28.9 Å². The lowest BCUT2D eigenvalue weighted by Crippen LogP contribution is -2.53. The number of carbonyl (C=O) groups excluding carboxylic acids is 1. The zero-order chi connectivity index (χ0) is 22.7. The number of hydrogen-bond donors (Lipinski definition) is 3. The first-order valence-corrected chi connectivity index (χ1v) is 11.1. The van der Waals surface area contributed by atoms with E-state index in [2.05, 4.69) is 25.8 Å². The molecule has 1 aromatic heterocycles. The van der Waals surface area contributed by atoms with Gasteiger partial charge in [-0.05, 0) is 37.1 Å². The number of piperazine rings is 1. The molecule has 32 heavy (non-hydrogen) atoms. The van der Waals surface area contributed by atoms with Crippen molar-refractivity contribution in [2.24, 2.45) is 0 Å². The summed E-state index contributed by atoms with van der Waals surface area (Å²) in [7, 11) is 0. The number of carboxylic acid groups (broad SMARTS) is 1. The van der Waals surface area contributed by atoms with Gasteiger partial charge in [0.15, 0.2) is 5.82 Å². The molecule has 1 atom stereocenters. The average Bonchev–Trinajstić information content (AvgIpc) is 3.33. The Hall–Kier alpha value is -2.69. The third kappa shape index (κ3) is 5.03. The van der Waals surface area contributed by atoms with Crippen molar-refractivity contribution in [1.82, 2.24) is 25.4 Å². The summed E-state index contributed by atoms with van der Waals surface area (Å²) in [6.07, 6.45) is 1.89. The van der Waals surface area contributed by atoms with Crippen LogP contribution in [0.4, 0.5) is 11.8 Å². The number of amides is 1. The summed E-state index contributed by atoms with van der Waals surface area (Å²) in [5.74, 6) is -0.696. The highest BCUT2D eigenvalue weighted by Gasteiger charge is 2.30. The van der Waals surface area contributed by atoms with E-state index in [0.717, 1.165) is 24.9 Å². The fourth-order valence-electron chi connectivity index (χ4n) is 3.81. The number of anilines is 2. The van der Waals surface area contributed by atoms with Gasteiger partial charge >= 0.3 is 5.97 Å². The number of aromatic nitrogens is 3. The fraction of sp³-hybridized carbons (Fsp3) is 0.450. The van der Waals surface area contributed by atoms with E-state index in [1.165, 1.54) is 0 Å². The Morgan fingerprint density at radius 1 is 1.19 bits per heavy atom. The van der Waals surface area contributed by atoms with Gasteiger partial charge in [-0.25, -0.2) is 4.79 Å². The number of halogens is 2. The summed E-state index contributed by atoms with van der Waals surface area (Å²) in [4.78, 5) is 32.3. The maximum Gasteiger partial charge on any atom is 0.360 e. The van der Waals surface area contributed by atoms with Crippen LogP contribution >= 0.6 is 23.2 Å². The Labute approximate surface area is 194 Å². The second-order valence-corrected chi connectivity index (χ2v) is 8.51. The standard InChI is InChI=1S/C20H23Cl2N7O3/c21-13-4-3-12(14(22)10-13)11-24-17-16(19(31)32)26-27-20(25-17)29-8-6-28(7-9-29)18(30)15-2-1-5-23-15/h3-4,10,15,23H,1-2,5-9,11H2,(H,31,32)(H,24,25,27). The first-order valence-electron chi connectivity index (χ1n) is 10.4. The largest absolute Gasteiger partial charge is 0.476 e. The highest BCUT2D eigenvalue weighted by atomic mass is 35.5. The molecule has 170 valence electrons. The number of carbonyl (C=O) groups is 2. The van der Waals surface area contributed by atoms with Gasteiger partial charge in [-0.15, -0.1) is 10.2 Å². The number of rotatable bonds is 6. The molecule has 10 nitrogen and oxygen atoms in total. The minimum atomic E-state index is -1.24. The molecule has 0 radical (unpaired) electrons. The van der Waals surface area contributed by atoms with E-state index in [-0.39, 0.29) is 30.0 Å². The molecule has 2 aromatic rings. The predicted molar refractivity (Wildman–Crippen MR) is 120 cm³/mol. The molecule has 2 saturated heterocycles. The van der Waals surface area contributed by atoms with Crippen LogP contribution < -0.4 is 15.5 Å². The Kier molecular flexibility index (Phi) is 6.92.